The maximum absolute atomic E-state index is 14.6. The molecule has 0 saturated carbocycles. The SMILES string of the molecule is C[C@@H](N[SH](=O)=O)c1ccc(-c2ccnc3[nH]c(=O)ccc23)c(F)c1.Cl. The lowest BCUT2D eigenvalue weighted by atomic mass is 9.99. The van der Waals surface area contributed by atoms with Gasteiger partial charge in [-0.2, -0.15) is 0 Å². The van der Waals surface area contributed by atoms with Gasteiger partial charge < -0.3 is 4.98 Å². The van der Waals surface area contributed by atoms with Crippen LogP contribution >= 0.6 is 12.4 Å². The fourth-order valence-electron chi connectivity index (χ4n) is 2.55. The molecule has 25 heavy (non-hydrogen) atoms. The number of benzene rings is 1. The number of fused-ring (bicyclic) bond motifs is 1. The predicted octanol–water partition coefficient (Wildman–Crippen LogP) is 2.33. The molecule has 0 aliphatic carbocycles. The first-order valence-corrected chi connectivity index (χ1v) is 8.32. The first-order valence-electron chi connectivity index (χ1n) is 7.14. The van der Waals surface area contributed by atoms with Crippen LogP contribution in [0.1, 0.15) is 18.5 Å². The van der Waals surface area contributed by atoms with Gasteiger partial charge in [0.15, 0.2) is 0 Å². The van der Waals surface area contributed by atoms with E-state index in [1.54, 1.807) is 31.2 Å². The first kappa shape index (κ1) is 19.0. The van der Waals surface area contributed by atoms with E-state index in [2.05, 4.69) is 14.7 Å². The van der Waals surface area contributed by atoms with Gasteiger partial charge in [-0.15, -0.1) is 12.4 Å². The Bertz CT molecular complexity index is 1040. The number of H-pyrrole nitrogens is 1. The van der Waals surface area contributed by atoms with E-state index in [-0.39, 0.29) is 18.0 Å². The smallest absolute Gasteiger partial charge is 0.249 e. The van der Waals surface area contributed by atoms with Gasteiger partial charge in [0, 0.05) is 29.3 Å². The number of thiol groups is 1. The zero-order valence-electron chi connectivity index (χ0n) is 13.0. The van der Waals surface area contributed by atoms with E-state index in [9.17, 15) is 17.6 Å². The van der Waals surface area contributed by atoms with E-state index in [1.807, 2.05) is 0 Å². The zero-order chi connectivity index (χ0) is 17.3. The van der Waals surface area contributed by atoms with Crippen molar-refractivity contribution in [2.75, 3.05) is 0 Å². The monoisotopic (exact) mass is 383 g/mol. The second-order valence-electron chi connectivity index (χ2n) is 5.29. The van der Waals surface area contributed by atoms with E-state index in [0.717, 1.165) is 0 Å². The van der Waals surface area contributed by atoms with Crippen molar-refractivity contribution in [2.45, 2.75) is 13.0 Å². The predicted molar refractivity (Wildman–Crippen MR) is 96.9 cm³/mol. The minimum Gasteiger partial charge on any atom is -0.307 e. The molecule has 6 nitrogen and oxygen atoms in total. The Kier molecular flexibility index (Phi) is 5.89. The van der Waals surface area contributed by atoms with Crippen LogP contribution in [0.4, 0.5) is 4.39 Å². The van der Waals surface area contributed by atoms with E-state index >= 15 is 0 Å². The largest absolute Gasteiger partial charge is 0.307 e. The number of aromatic amines is 1. The van der Waals surface area contributed by atoms with Crippen LogP contribution in [-0.4, -0.2) is 18.4 Å². The zero-order valence-corrected chi connectivity index (χ0v) is 14.7. The highest BCUT2D eigenvalue weighted by molar-refractivity contribution is 7.70. The van der Waals surface area contributed by atoms with Crippen molar-refractivity contribution in [1.82, 2.24) is 14.7 Å². The summed E-state index contributed by atoms with van der Waals surface area (Å²) >= 11 is 0. The first-order chi connectivity index (χ1) is 11.5. The number of hydrogen-bond acceptors (Lipinski definition) is 4. The molecule has 0 aliphatic heterocycles. The minimum atomic E-state index is -2.77. The fourth-order valence-corrected chi connectivity index (χ4v) is 3.01. The molecule has 0 unspecified atom stereocenters. The van der Waals surface area contributed by atoms with Crippen molar-refractivity contribution >= 4 is 34.3 Å². The van der Waals surface area contributed by atoms with Gasteiger partial charge in [0.25, 0.3) is 0 Å². The molecular weight excluding hydrogens is 369 g/mol. The second kappa shape index (κ2) is 7.73. The van der Waals surface area contributed by atoms with Gasteiger partial charge in [-0.05, 0) is 36.2 Å². The van der Waals surface area contributed by atoms with Crippen LogP contribution in [0.5, 0.6) is 0 Å². The third kappa shape index (κ3) is 4.04. The summed E-state index contributed by atoms with van der Waals surface area (Å²) in [5.41, 5.74) is 1.55. The molecule has 0 aliphatic rings. The number of rotatable bonds is 4. The molecule has 2 heterocycles. The number of nitrogens with zero attached hydrogens (tertiary/aromatic N) is 1. The van der Waals surface area contributed by atoms with Gasteiger partial charge in [0.1, 0.15) is 11.5 Å². The highest BCUT2D eigenvalue weighted by atomic mass is 35.5. The molecular formula is C16H15ClFN3O3S. The maximum atomic E-state index is 14.6. The number of pyridine rings is 2. The summed E-state index contributed by atoms with van der Waals surface area (Å²) in [4.78, 5) is 18.1. The summed E-state index contributed by atoms with van der Waals surface area (Å²) in [6.45, 7) is 1.63. The van der Waals surface area contributed by atoms with Crippen LogP contribution in [0.25, 0.3) is 22.2 Å². The molecule has 1 aromatic carbocycles. The Balaban J connectivity index is 0.00000225. The minimum absolute atomic E-state index is 0. The topological polar surface area (TPSA) is 91.9 Å². The molecule has 0 saturated heterocycles. The van der Waals surface area contributed by atoms with Crippen molar-refractivity contribution < 1.29 is 12.8 Å². The molecule has 0 amide bonds. The highest BCUT2D eigenvalue weighted by Gasteiger charge is 2.13. The number of aromatic nitrogens is 2. The van der Waals surface area contributed by atoms with Gasteiger partial charge in [-0.3, -0.25) is 4.79 Å². The summed E-state index contributed by atoms with van der Waals surface area (Å²) in [5.74, 6) is -0.485. The van der Waals surface area contributed by atoms with Gasteiger partial charge in [-0.25, -0.2) is 22.5 Å². The van der Waals surface area contributed by atoms with Crippen molar-refractivity contribution in [3.05, 3.63) is 64.3 Å². The van der Waals surface area contributed by atoms with E-state index in [0.29, 0.717) is 27.7 Å². The highest BCUT2D eigenvalue weighted by Crippen LogP contribution is 2.29. The van der Waals surface area contributed by atoms with Crippen LogP contribution < -0.4 is 10.3 Å². The Hall–Kier alpha value is -2.29. The quantitative estimate of drug-likeness (QED) is 0.603. The van der Waals surface area contributed by atoms with Crippen LogP contribution in [0.3, 0.4) is 0 Å². The van der Waals surface area contributed by atoms with E-state index < -0.39 is 22.7 Å². The molecule has 3 aromatic rings. The van der Waals surface area contributed by atoms with E-state index in [1.165, 1.54) is 18.3 Å². The van der Waals surface area contributed by atoms with Gasteiger partial charge >= 0.3 is 0 Å². The lowest BCUT2D eigenvalue weighted by molar-refractivity contribution is 0.584. The summed E-state index contributed by atoms with van der Waals surface area (Å²) in [5, 5.41) is 0.623. The van der Waals surface area contributed by atoms with Crippen LogP contribution in [0, 0.1) is 5.82 Å². The van der Waals surface area contributed by atoms with Gasteiger partial charge in [-0.1, -0.05) is 12.1 Å². The molecule has 132 valence electrons. The van der Waals surface area contributed by atoms with Crippen LogP contribution in [0.2, 0.25) is 0 Å². The number of nitrogens with one attached hydrogen (secondary N) is 2. The molecule has 9 heteroatoms. The molecule has 0 bridgehead atoms. The molecule has 3 rings (SSSR count). The number of hydrogen-bond donors (Lipinski definition) is 3. The van der Waals surface area contributed by atoms with Gasteiger partial charge in [0.05, 0.1) is 0 Å². The molecule has 0 radical (unpaired) electrons. The van der Waals surface area contributed by atoms with Crippen LogP contribution in [-0.2, 0) is 10.9 Å². The van der Waals surface area contributed by atoms with Gasteiger partial charge in [0.2, 0.25) is 16.4 Å². The Morgan fingerprint density at radius 1 is 1.16 bits per heavy atom. The second-order valence-corrected chi connectivity index (χ2v) is 6.06. The standard InChI is InChI=1S/C16H14FN3O3S.ClH/c1-9(20-24(22)23)10-2-3-12(14(17)8-10)11-6-7-18-16-13(11)4-5-15(21)19-16;/h2-9,24H,1H3,(H,18,19,21)(H,20,22,23);1H/t9-;/m1./s1. The third-order valence-electron chi connectivity index (χ3n) is 3.72. The van der Waals surface area contributed by atoms with E-state index in [4.69, 9.17) is 0 Å². The lowest BCUT2D eigenvalue weighted by Gasteiger charge is -2.12. The lowest BCUT2D eigenvalue weighted by Crippen LogP contribution is -2.16. The summed E-state index contributed by atoms with van der Waals surface area (Å²) in [6, 6.07) is 8.62. The molecule has 2 N–H and O–H groups in total. The summed E-state index contributed by atoms with van der Waals surface area (Å²) < 4.78 is 38.3. The average molecular weight is 384 g/mol. The van der Waals surface area contributed by atoms with Crippen molar-refractivity contribution in [2.24, 2.45) is 0 Å². The molecule has 1 atom stereocenters. The summed E-state index contributed by atoms with van der Waals surface area (Å²) in [6.07, 6.45) is 1.49. The normalized spacial score (nSPS) is 12.1. The summed E-state index contributed by atoms with van der Waals surface area (Å²) in [7, 11) is -2.77. The average Bonchev–Trinajstić information content (AvgIpc) is 2.53. The van der Waals surface area contributed by atoms with Crippen LogP contribution in [0.15, 0.2) is 47.4 Å². The number of halogens is 2. The molecule has 2 aromatic heterocycles. The Morgan fingerprint density at radius 2 is 1.92 bits per heavy atom. The Morgan fingerprint density at radius 3 is 2.60 bits per heavy atom. The van der Waals surface area contributed by atoms with Crippen molar-refractivity contribution in [3.8, 4) is 11.1 Å². The maximum Gasteiger partial charge on any atom is 0.249 e. The Labute approximate surface area is 150 Å². The molecule has 0 spiro atoms. The van der Waals surface area contributed by atoms with Crippen molar-refractivity contribution in [1.29, 1.82) is 0 Å². The third-order valence-corrected chi connectivity index (χ3v) is 4.31. The fraction of sp³-hybridized carbons (Fsp3) is 0.125. The molecule has 0 fully saturated rings. The van der Waals surface area contributed by atoms with Crippen molar-refractivity contribution in [3.63, 3.8) is 0 Å².